The van der Waals surface area contributed by atoms with Gasteiger partial charge in [-0.2, -0.15) is 5.10 Å². The van der Waals surface area contributed by atoms with Gasteiger partial charge >= 0.3 is 0 Å². The first-order valence-electron chi connectivity index (χ1n) is 6.35. The average Bonchev–Trinajstić information content (AvgIpc) is 2.38. The van der Waals surface area contributed by atoms with Crippen LogP contribution in [0.5, 0.6) is 0 Å². The van der Waals surface area contributed by atoms with Crippen molar-refractivity contribution in [1.29, 1.82) is 0 Å². The number of halogens is 1. The van der Waals surface area contributed by atoms with Crippen LogP contribution in [0.4, 0.5) is 5.69 Å². The van der Waals surface area contributed by atoms with Crippen LogP contribution in [0.15, 0.2) is 11.0 Å². The van der Waals surface area contributed by atoms with Crippen LogP contribution >= 0.6 is 11.6 Å². The number of hydrogen-bond acceptors (Lipinski definition) is 4. The lowest BCUT2D eigenvalue weighted by Crippen LogP contribution is -2.24. The number of nitrogens with one attached hydrogen (secondary N) is 1. The van der Waals surface area contributed by atoms with Crippen LogP contribution in [0.25, 0.3) is 0 Å². The third-order valence-corrected chi connectivity index (χ3v) is 3.86. The molecule has 1 unspecified atom stereocenters. The number of nitrogens with zero attached hydrogens (tertiary/aromatic N) is 2. The van der Waals surface area contributed by atoms with Crippen LogP contribution in [0.3, 0.4) is 0 Å². The van der Waals surface area contributed by atoms with Crippen molar-refractivity contribution in [3.8, 4) is 0 Å². The Hall–Kier alpha value is -0.880. The van der Waals surface area contributed by atoms with Gasteiger partial charge in [0.25, 0.3) is 5.56 Å². The molecule has 7 heteroatoms. The lowest BCUT2D eigenvalue weighted by molar-refractivity contribution is 0.543. The predicted molar refractivity (Wildman–Crippen MR) is 80.5 cm³/mol. The number of aryl methyl sites for hydroxylation is 1. The summed E-state index contributed by atoms with van der Waals surface area (Å²) in [6.45, 7) is 3.27. The van der Waals surface area contributed by atoms with Gasteiger partial charge in [-0.1, -0.05) is 24.9 Å². The minimum absolute atomic E-state index is 0.170. The molecular formula is C12H20ClN3O2S. The van der Waals surface area contributed by atoms with Crippen molar-refractivity contribution in [3.05, 3.63) is 21.6 Å². The van der Waals surface area contributed by atoms with Crippen molar-refractivity contribution in [1.82, 2.24) is 9.78 Å². The maximum Gasteiger partial charge on any atom is 0.287 e. The van der Waals surface area contributed by atoms with Gasteiger partial charge in [0.1, 0.15) is 5.02 Å². The predicted octanol–water partition coefficient (Wildman–Crippen LogP) is 1.88. The van der Waals surface area contributed by atoms with Crippen molar-refractivity contribution in [2.75, 3.05) is 23.9 Å². The highest BCUT2D eigenvalue weighted by Gasteiger charge is 2.08. The Balaban J connectivity index is 2.63. The zero-order chi connectivity index (χ0) is 14.3. The molecule has 1 rings (SSSR count). The number of hydrogen-bond donors (Lipinski definition) is 1. The number of unbranched alkanes of at least 4 members (excludes halogenated alkanes) is 1. The van der Waals surface area contributed by atoms with E-state index < -0.39 is 10.8 Å². The molecule has 0 fully saturated rings. The van der Waals surface area contributed by atoms with Crippen LogP contribution in [-0.2, 0) is 17.3 Å². The number of anilines is 1. The largest absolute Gasteiger partial charge is 0.382 e. The molecule has 108 valence electrons. The van der Waals surface area contributed by atoms with E-state index in [4.69, 9.17) is 11.6 Å². The van der Waals surface area contributed by atoms with Gasteiger partial charge < -0.3 is 5.32 Å². The quantitative estimate of drug-likeness (QED) is 0.745. The zero-order valence-corrected chi connectivity index (χ0v) is 12.9. The fraction of sp³-hybridized carbons (Fsp3) is 0.667. The molecule has 0 spiro atoms. The molecule has 1 atom stereocenters. The molecule has 1 aromatic rings. The Morgan fingerprint density at radius 2 is 2.21 bits per heavy atom. The van der Waals surface area contributed by atoms with Crippen LogP contribution < -0.4 is 10.9 Å². The second-order valence-corrected chi connectivity index (χ2v) is 6.24. The van der Waals surface area contributed by atoms with Gasteiger partial charge in [0.15, 0.2) is 0 Å². The fourth-order valence-corrected chi connectivity index (χ4v) is 2.32. The minimum atomic E-state index is -0.795. The van der Waals surface area contributed by atoms with Gasteiger partial charge in [-0.05, 0) is 12.8 Å². The van der Waals surface area contributed by atoms with Crippen LogP contribution in [0.1, 0.15) is 26.2 Å². The van der Waals surface area contributed by atoms with Gasteiger partial charge in [-0.3, -0.25) is 9.00 Å². The summed E-state index contributed by atoms with van der Waals surface area (Å²) >= 11 is 6.02. The van der Waals surface area contributed by atoms with Gasteiger partial charge in [0, 0.05) is 35.9 Å². The molecule has 0 radical (unpaired) electrons. The van der Waals surface area contributed by atoms with Gasteiger partial charge in [-0.25, -0.2) is 4.68 Å². The zero-order valence-electron chi connectivity index (χ0n) is 11.3. The number of aromatic nitrogens is 2. The highest BCUT2D eigenvalue weighted by atomic mass is 35.5. The third-order valence-electron chi connectivity index (χ3n) is 2.63. The van der Waals surface area contributed by atoms with E-state index in [0.29, 0.717) is 24.5 Å². The molecule has 1 aromatic heterocycles. The van der Waals surface area contributed by atoms with E-state index in [0.717, 1.165) is 19.3 Å². The molecule has 1 N–H and O–H groups in total. The van der Waals surface area contributed by atoms with Crippen molar-refractivity contribution >= 4 is 28.1 Å². The topological polar surface area (TPSA) is 64.0 Å². The van der Waals surface area contributed by atoms with E-state index in [1.54, 1.807) is 12.5 Å². The molecule has 0 aromatic carbocycles. The van der Waals surface area contributed by atoms with Crippen LogP contribution in [0, 0.1) is 0 Å². The Bertz CT molecular complexity index is 490. The van der Waals surface area contributed by atoms with Gasteiger partial charge in [0.2, 0.25) is 0 Å². The summed E-state index contributed by atoms with van der Waals surface area (Å²) < 4.78 is 12.3. The molecule has 0 aliphatic heterocycles. The molecule has 0 saturated heterocycles. The van der Waals surface area contributed by atoms with Crippen LogP contribution in [-0.4, -0.2) is 32.5 Å². The molecule has 0 aliphatic rings. The number of rotatable bonds is 8. The first-order valence-corrected chi connectivity index (χ1v) is 8.46. The van der Waals surface area contributed by atoms with E-state index in [1.807, 2.05) is 0 Å². The summed E-state index contributed by atoms with van der Waals surface area (Å²) in [6.07, 6.45) is 5.91. The van der Waals surface area contributed by atoms with E-state index >= 15 is 0 Å². The maximum atomic E-state index is 11.9. The summed E-state index contributed by atoms with van der Waals surface area (Å²) in [7, 11) is -0.795. The first kappa shape index (κ1) is 16.2. The molecule has 5 nitrogen and oxygen atoms in total. The Morgan fingerprint density at radius 1 is 1.47 bits per heavy atom. The minimum Gasteiger partial charge on any atom is -0.382 e. The fourth-order valence-electron chi connectivity index (χ4n) is 1.55. The van der Waals surface area contributed by atoms with Crippen molar-refractivity contribution in [3.63, 3.8) is 0 Å². The maximum absolute atomic E-state index is 11.9. The lowest BCUT2D eigenvalue weighted by Gasteiger charge is -2.09. The van der Waals surface area contributed by atoms with E-state index in [9.17, 15) is 9.00 Å². The summed E-state index contributed by atoms with van der Waals surface area (Å²) in [6, 6.07) is 0. The highest BCUT2D eigenvalue weighted by Crippen LogP contribution is 2.15. The molecule has 0 aliphatic carbocycles. The van der Waals surface area contributed by atoms with Gasteiger partial charge in [-0.15, -0.1) is 0 Å². The van der Waals surface area contributed by atoms with Crippen LogP contribution in [0.2, 0.25) is 5.02 Å². The Kier molecular flexibility index (Phi) is 7.09. The third kappa shape index (κ3) is 5.32. The molecule has 0 saturated carbocycles. The van der Waals surface area contributed by atoms with Crippen molar-refractivity contribution in [2.24, 2.45) is 0 Å². The Morgan fingerprint density at radius 3 is 2.84 bits per heavy atom. The molecule has 19 heavy (non-hydrogen) atoms. The van der Waals surface area contributed by atoms with Crippen molar-refractivity contribution in [2.45, 2.75) is 32.7 Å². The molecule has 1 heterocycles. The Labute approximate surface area is 120 Å². The smallest absolute Gasteiger partial charge is 0.287 e. The summed E-state index contributed by atoms with van der Waals surface area (Å²) in [5, 5.41) is 7.31. The second-order valence-electron chi connectivity index (χ2n) is 4.31. The van der Waals surface area contributed by atoms with Crippen molar-refractivity contribution < 1.29 is 4.21 Å². The van der Waals surface area contributed by atoms with E-state index in [1.165, 1.54) is 4.68 Å². The molecular weight excluding hydrogens is 286 g/mol. The lowest BCUT2D eigenvalue weighted by atomic mass is 10.3. The first-order chi connectivity index (χ1) is 9.06. The summed E-state index contributed by atoms with van der Waals surface area (Å²) in [5.41, 5.74) is 0.278. The average molecular weight is 306 g/mol. The van der Waals surface area contributed by atoms with E-state index in [2.05, 4.69) is 17.3 Å². The summed E-state index contributed by atoms with van der Waals surface area (Å²) in [5.74, 6) is 0.631. The monoisotopic (exact) mass is 305 g/mol. The SMILES string of the molecule is CCCCn1ncc(NCCCS(C)=O)c(Cl)c1=O. The standard InChI is InChI=1S/C12H20ClN3O2S/c1-3-4-7-16-12(17)11(13)10(9-15-16)14-6-5-8-19(2)18/h9,14H,3-8H2,1-2H3. The second kappa shape index (κ2) is 8.32. The molecule has 0 bridgehead atoms. The normalized spacial score (nSPS) is 12.4. The summed E-state index contributed by atoms with van der Waals surface area (Å²) in [4.78, 5) is 11.9. The van der Waals surface area contributed by atoms with E-state index in [-0.39, 0.29) is 10.6 Å². The van der Waals surface area contributed by atoms with Gasteiger partial charge in [0.05, 0.1) is 11.9 Å². The highest BCUT2D eigenvalue weighted by molar-refractivity contribution is 7.84. The molecule has 0 amide bonds.